The number of rotatable bonds is 7. The van der Waals surface area contributed by atoms with Crippen LogP contribution in [0.5, 0.6) is 0 Å². The molecule has 0 fully saturated rings. The molecule has 1 atom stereocenters. The van der Waals surface area contributed by atoms with Gasteiger partial charge in [0.05, 0.1) is 0 Å². The van der Waals surface area contributed by atoms with Crippen molar-refractivity contribution in [2.45, 2.75) is 46.2 Å². The molecule has 0 aliphatic heterocycles. The number of imidazole rings is 1. The standard InChI is InChI=1S/C17H25N3/c1-4-10-18-14(3)15-8-6-7-9-16(15)17-19-11-13-20(17)12-5-2/h6-9,11,13-14,18H,4-5,10,12H2,1-3H3. The minimum Gasteiger partial charge on any atom is -0.331 e. The van der Waals surface area contributed by atoms with E-state index in [4.69, 9.17) is 0 Å². The summed E-state index contributed by atoms with van der Waals surface area (Å²) in [5.41, 5.74) is 2.56. The molecule has 2 aromatic rings. The van der Waals surface area contributed by atoms with Crippen LogP contribution in [0.2, 0.25) is 0 Å². The largest absolute Gasteiger partial charge is 0.331 e. The Morgan fingerprint density at radius 3 is 2.75 bits per heavy atom. The van der Waals surface area contributed by atoms with Gasteiger partial charge in [-0.2, -0.15) is 0 Å². The zero-order chi connectivity index (χ0) is 14.4. The number of hydrogen-bond acceptors (Lipinski definition) is 2. The molecule has 0 spiro atoms. The average Bonchev–Trinajstić information content (AvgIpc) is 2.93. The van der Waals surface area contributed by atoms with Gasteiger partial charge in [-0.25, -0.2) is 4.98 Å². The van der Waals surface area contributed by atoms with Gasteiger partial charge in [0.25, 0.3) is 0 Å². The van der Waals surface area contributed by atoms with Gasteiger partial charge in [-0.15, -0.1) is 0 Å². The van der Waals surface area contributed by atoms with Crippen LogP contribution in [0.25, 0.3) is 11.4 Å². The Morgan fingerprint density at radius 2 is 2.00 bits per heavy atom. The Hall–Kier alpha value is -1.61. The van der Waals surface area contributed by atoms with Crippen molar-refractivity contribution in [2.75, 3.05) is 6.54 Å². The number of aromatic nitrogens is 2. The van der Waals surface area contributed by atoms with Crippen molar-refractivity contribution in [1.82, 2.24) is 14.9 Å². The molecule has 2 rings (SSSR count). The van der Waals surface area contributed by atoms with Crippen LogP contribution in [-0.4, -0.2) is 16.1 Å². The Labute approximate surface area is 122 Å². The molecule has 0 radical (unpaired) electrons. The monoisotopic (exact) mass is 271 g/mol. The molecule has 1 aromatic heterocycles. The molecule has 108 valence electrons. The number of hydrogen-bond donors (Lipinski definition) is 1. The lowest BCUT2D eigenvalue weighted by Gasteiger charge is -2.18. The molecule has 0 aliphatic carbocycles. The third-order valence-electron chi connectivity index (χ3n) is 3.55. The van der Waals surface area contributed by atoms with Crippen LogP contribution in [0.1, 0.15) is 45.2 Å². The Morgan fingerprint density at radius 1 is 1.20 bits per heavy atom. The van der Waals surface area contributed by atoms with Crippen LogP contribution in [0.15, 0.2) is 36.7 Å². The normalized spacial score (nSPS) is 12.6. The zero-order valence-corrected chi connectivity index (χ0v) is 12.8. The van der Waals surface area contributed by atoms with Gasteiger partial charge < -0.3 is 9.88 Å². The molecular formula is C17H25N3. The van der Waals surface area contributed by atoms with E-state index in [1.165, 1.54) is 11.1 Å². The lowest BCUT2D eigenvalue weighted by Crippen LogP contribution is -2.20. The van der Waals surface area contributed by atoms with Gasteiger partial charge in [0.15, 0.2) is 0 Å². The maximum atomic E-state index is 4.56. The first kappa shape index (κ1) is 14.8. The highest BCUT2D eigenvalue weighted by Crippen LogP contribution is 2.27. The summed E-state index contributed by atoms with van der Waals surface area (Å²) in [4.78, 5) is 4.56. The van der Waals surface area contributed by atoms with Gasteiger partial charge in [0.2, 0.25) is 0 Å². The highest BCUT2D eigenvalue weighted by Gasteiger charge is 2.14. The molecule has 0 bridgehead atoms. The molecular weight excluding hydrogens is 246 g/mol. The predicted molar refractivity (Wildman–Crippen MR) is 84.7 cm³/mol. The molecule has 3 nitrogen and oxygen atoms in total. The summed E-state index contributed by atoms with van der Waals surface area (Å²) in [5.74, 6) is 1.08. The lowest BCUT2D eigenvalue weighted by molar-refractivity contribution is 0.570. The fraction of sp³-hybridized carbons (Fsp3) is 0.471. The van der Waals surface area contributed by atoms with E-state index in [9.17, 15) is 0 Å². The van der Waals surface area contributed by atoms with Crippen molar-refractivity contribution >= 4 is 0 Å². The summed E-state index contributed by atoms with van der Waals surface area (Å²) in [6.07, 6.45) is 6.23. The summed E-state index contributed by atoms with van der Waals surface area (Å²) < 4.78 is 2.24. The molecule has 20 heavy (non-hydrogen) atoms. The van der Waals surface area contributed by atoms with E-state index in [0.717, 1.165) is 31.8 Å². The van der Waals surface area contributed by atoms with Crippen LogP contribution in [0.4, 0.5) is 0 Å². The van der Waals surface area contributed by atoms with E-state index in [1.54, 1.807) is 0 Å². The fourth-order valence-electron chi connectivity index (χ4n) is 2.52. The highest BCUT2D eigenvalue weighted by atomic mass is 15.1. The third kappa shape index (κ3) is 3.28. The summed E-state index contributed by atoms with van der Waals surface area (Å²) in [7, 11) is 0. The van der Waals surface area contributed by atoms with Gasteiger partial charge in [-0.3, -0.25) is 0 Å². The van der Waals surface area contributed by atoms with E-state index in [0.29, 0.717) is 6.04 Å². The van der Waals surface area contributed by atoms with E-state index < -0.39 is 0 Å². The van der Waals surface area contributed by atoms with Crippen LogP contribution < -0.4 is 5.32 Å². The molecule has 0 saturated heterocycles. The first-order chi connectivity index (χ1) is 9.77. The summed E-state index contributed by atoms with van der Waals surface area (Å²) in [5, 5.41) is 3.57. The number of nitrogens with one attached hydrogen (secondary N) is 1. The van der Waals surface area contributed by atoms with Crippen molar-refractivity contribution in [3.8, 4) is 11.4 Å². The minimum absolute atomic E-state index is 0.345. The molecule has 0 saturated carbocycles. The maximum absolute atomic E-state index is 4.56. The Balaban J connectivity index is 2.34. The first-order valence-electron chi connectivity index (χ1n) is 7.61. The van der Waals surface area contributed by atoms with Crippen molar-refractivity contribution < 1.29 is 0 Å². The molecule has 1 unspecified atom stereocenters. The fourth-order valence-corrected chi connectivity index (χ4v) is 2.52. The third-order valence-corrected chi connectivity index (χ3v) is 3.55. The Bertz CT molecular complexity index is 531. The van der Waals surface area contributed by atoms with Crippen LogP contribution in [0, 0.1) is 0 Å². The van der Waals surface area contributed by atoms with E-state index in [1.807, 2.05) is 6.20 Å². The van der Waals surface area contributed by atoms with Gasteiger partial charge in [-0.05, 0) is 31.9 Å². The molecule has 1 heterocycles. The predicted octanol–water partition coefficient (Wildman–Crippen LogP) is 4.02. The van der Waals surface area contributed by atoms with Crippen molar-refractivity contribution in [3.63, 3.8) is 0 Å². The second kappa shape index (κ2) is 7.25. The topological polar surface area (TPSA) is 29.9 Å². The smallest absolute Gasteiger partial charge is 0.140 e. The van der Waals surface area contributed by atoms with Crippen LogP contribution in [-0.2, 0) is 6.54 Å². The number of aryl methyl sites for hydroxylation is 1. The van der Waals surface area contributed by atoms with Crippen molar-refractivity contribution in [3.05, 3.63) is 42.2 Å². The SMILES string of the molecule is CCCNC(C)c1ccccc1-c1nccn1CCC. The summed E-state index contributed by atoms with van der Waals surface area (Å²) >= 11 is 0. The Kier molecular flexibility index (Phi) is 5.36. The van der Waals surface area contributed by atoms with Gasteiger partial charge >= 0.3 is 0 Å². The van der Waals surface area contributed by atoms with E-state index >= 15 is 0 Å². The number of benzene rings is 1. The van der Waals surface area contributed by atoms with Crippen LogP contribution >= 0.6 is 0 Å². The van der Waals surface area contributed by atoms with E-state index in [2.05, 4.69) is 66.1 Å². The van der Waals surface area contributed by atoms with E-state index in [-0.39, 0.29) is 0 Å². The summed E-state index contributed by atoms with van der Waals surface area (Å²) in [6, 6.07) is 8.92. The second-order valence-corrected chi connectivity index (χ2v) is 5.21. The molecule has 1 aromatic carbocycles. The quantitative estimate of drug-likeness (QED) is 0.824. The average molecular weight is 271 g/mol. The number of nitrogens with zero attached hydrogens (tertiary/aromatic N) is 2. The zero-order valence-electron chi connectivity index (χ0n) is 12.8. The van der Waals surface area contributed by atoms with Crippen LogP contribution in [0.3, 0.4) is 0 Å². The van der Waals surface area contributed by atoms with Gasteiger partial charge in [-0.1, -0.05) is 38.1 Å². The van der Waals surface area contributed by atoms with Gasteiger partial charge in [0, 0.05) is 30.5 Å². The van der Waals surface area contributed by atoms with Crippen molar-refractivity contribution in [2.24, 2.45) is 0 Å². The molecule has 1 N–H and O–H groups in total. The highest BCUT2D eigenvalue weighted by molar-refractivity contribution is 5.61. The van der Waals surface area contributed by atoms with Crippen molar-refractivity contribution in [1.29, 1.82) is 0 Å². The summed E-state index contributed by atoms with van der Waals surface area (Å²) in [6.45, 7) is 8.67. The molecule has 0 amide bonds. The molecule has 3 heteroatoms. The second-order valence-electron chi connectivity index (χ2n) is 5.21. The molecule has 0 aliphatic rings. The minimum atomic E-state index is 0.345. The van der Waals surface area contributed by atoms with Gasteiger partial charge in [0.1, 0.15) is 5.82 Å². The first-order valence-corrected chi connectivity index (χ1v) is 7.61. The maximum Gasteiger partial charge on any atom is 0.140 e. The lowest BCUT2D eigenvalue weighted by atomic mass is 10.0.